The molecule has 3 rings (SSSR count). The number of nitrogens with zero attached hydrogens (tertiary/aromatic N) is 3. The first-order valence-electron chi connectivity index (χ1n) is 9.38. The van der Waals surface area contributed by atoms with Crippen LogP contribution < -0.4 is 9.64 Å². The van der Waals surface area contributed by atoms with E-state index in [2.05, 4.69) is 23.6 Å². The van der Waals surface area contributed by atoms with E-state index in [0.717, 1.165) is 35.1 Å². The number of ether oxygens (including phenoxy) is 1. The van der Waals surface area contributed by atoms with Gasteiger partial charge >= 0.3 is 0 Å². The van der Waals surface area contributed by atoms with E-state index in [1.54, 1.807) is 12.0 Å². The predicted molar refractivity (Wildman–Crippen MR) is 102 cm³/mol. The van der Waals surface area contributed by atoms with Gasteiger partial charge in [0.25, 0.3) is 0 Å². The van der Waals surface area contributed by atoms with Crippen LogP contribution in [0.4, 0.5) is 0 Å². The number of rotatable bonds is 5. The second-order valence-electron chi connectivity index (χ2n) is 6.75. The summed E-state index contributed by atoms with van der Waals surface area (Å²) in [5, 5.41) is 4.87. The summed E-state index contributed by atoms with van der Waals surface area (Å²) in [5.74, 6) is 1.80. The van der Waals surface area contributed by atoms with E-state index < -0.39 is 0 Å². The third-order valence-electron chi connectivity index (χ3n) is 5.02. The Morgan fingerprint density at radius 2 is 1.72 bits per heavy atom. The summed E-state index contributed by atoms with van der Waals surface area (Å²) >= 11 is 5.72. The highest BCUT2D eigenvalue weighted by molar-refractivity contribution is 7.71. The van der Waals surface area contributed by atoms with Gasteiger partial charge in [0, 0.05) is 12.1 Å². The fourth-order valence-electron chi connectivity index (χ4n) is 3.56. The monoisotopic (exact) mass is 361 g/mol. The van der Waals surface area contributed by atoms with Crippen LogP contribution >= 0.6 is 12.2 Å². The van der Waals surface area contributed by atoms with Crippen molar-refractivity contribution >= 4 is 12.2 Å². The van der Waals surface area contributed by atoms with Crippen molar-refractivity contribution in [1.29, 1.82) is 0 Å². The maximum atomic E-state index is 5.72. The molecule has 0 spiro atoms. The summed E-state index contributed by atoms with van der Waals surface area (Å²) in [6.45, 7) is 6.26. The van der Waals surface area contributed by atoms with Crippen molar-refractivity contribution in [3.8, 4) is 17.1 Å². The molecule has 1 aromatic carbocycles. The van der Waals surface area contributed by atoms with E-state index in [-0.39, 0.29) is 0 Å². The Balaban J connectivity index is 1.85. The molecule has 0 unspecified atom stereocenters. The fourth-order valence-corrected chi connectivity index (χ4v) is 3.88. The second-order valence-corrected chi connectivity index (χ2v) is 7.12. The summed E-state index contributed by atoms with van der Waals surface area (Å²) < 4.78 is 10.2. The Bertz CT molecular complexity index is 727. The average Bonchev–Trinajstić information content (AvgIpc) is 2.93. The number of hydrogen-bond donors (Lipinski definition) is 1. The molecule has 2 aromatic rings. The van der Waals surface area contributed by atoms with Crippen LogP contribution in [0.1, 0.15) is 39.0 Å². The van der Waals surface area contributed by atoms with Gasteiger partial charge in [0.2, 0.25) is 4.77 Å². The molecule has 0 atom stereocenters. The van der Waals surface area contributed by atoms with Gasteiger partial charge in [0.05, 0.1) is 20.2 Å². The summed E-state index contributed by atoms with van der Waals surface area (Å²) in [6.07, 6.45) is 6.72. The normalized spacial score (nSPS) is 16.4. The largest absolute Gasteiger partial charge is 0.497 e. The smallest absolute Gasteiger partial charge is 0.203 e. The Kier molecular flexibility index (Phi) is 6.26. The Morgan fingerprint density at radius 3 is 2.32 bits per heavy atom. The first kappa shape index (κ1) is 18.1. The third-order valence-corrected chi connectivity index (χ3v) is 5.45. The van der Waals surface area contributed by atoms with E-state index in [1.807, 2.05) is 16.8 Å². The van der Waals surface area contributed by atoms with E-state index in [9.17, 15) is 0 Å². The van der Waals surface area contributed by atoms with Crippen LogP contribution in [0.25, 0.3) is 11.4 Å². The third kappa shape index (κ3) is 4.30. The van der Waals surface area contributed by atoms with E-state index >= 15 is 0 Å². The number of methoxy groups -OCH3 is 1. The number of benzene rings is 1. The molecule has 1 aliphatic heterocycles. The molecule has 1 N–H and O–H groups in total. The number of quaternary nitrogens is 1. The molecule has 0 amide bonds. The number of hydrogen-bond acceptors (Lipinski definition) is 3. The van der Waals surface area contributed by atoms with Gasteiger partial charge in [-0.15, -0.1) is 5.10 Å². The van der Waals surface area contributed by atoms with Crippen LogP contribution in [-0.2, 0) is 13.2 Å². The highest BCUT2D eigenvalue weighted by Crippen LogP contribution is 2.21. The fraction of sp³-hybridized carbons (Fsp3) is 0.579. The molecule has 136 valence electrons. The molecule has 0 aliphatic carbocycles. The zero-order chi connectivity index (χ0) is 17.6. The van der Waals surface area contributed by atoms with Crippen molar-refractivity contribution < 1.29 is 9.64 Å². The maximum Gasteiger partial charge on any atom is 0.203 e. The van der Waals surface area contributed by atoms with Crippen LogP contribution in [0.5, 0.6) is 5.75 Å². The highest BCUT2D eigenvalue weighted by atomic mass is 32.1. The molecule has 1 aromatic heterocycles. The molecule has 6 heteroatoms. The Labute approximate surface area is 155 Å². The molecule has 2 heterocycles. The molecular formula is C19H29N4OS+. The number of aromatic nitrogens is 3. The zero-order valence-electron chi connectivity index (χ0n) is 15.3. The predicted octanol–water partition coefficient (Wildman–Crippen LogP) is 2.92. The first-order chi connectivity index (χ1) is 12.2. The summed E-state index contributed by atoms with van der Waals surface area (Å²) in [5.41, 5.74) is 1.08. The van der Waals surface area contributed by atoms with Crippen LogP contribution in [0, 0.1) is 4.77 Å². The Morgan fingerprint density at radius 1 is 1.08 bits per heavy atom. The van der Waals surface area contributed by atoms with Crippen molar-refractivity contribution in [2.24, 2.45) is 0 Å². The summed E-state index contributed by atoms with van der Waals surface area (Å²) in [4.78, 5) is 1.60. The lowest BCUT2D eigenvalue weighted by atomic mass is 10.1. The van der Waals surface area contributed by atoms with Crippen molar-refractivity contribution in [1.82, 2.24) is 14.3 Å². The molecule has 0 bridgehead atoms. The first-order valence-corrected chi connectivity index (χ1v) is 9.79. The van der Waals surface area contributed by atoms with Gasteiger partial charge < -0.3 is 14.2 Å². The van der Waals surface area contributed by atoms with Gasteiger partial charge in [-0.25, -0.2) is 0 Å². The maximum absolute atomic E-state index is 5.72. The lowest BCUT2D eigenvalue weighted by molar-refractivity contribution is -0.924. The van der Waals surface area contributed by atoms with E-state index in [4.69, 9.17) is 22.1 Å². The standard InChI is InChI=1S/C19H28N4OS/c1-3-22-18(16-9-11-17(24-2)12-10-16)20-23(19(22)25)15-21-13-7-5-4-6-8-14-21/h9-12H,3-8,13-15H2,1-2H3/p+1. The van der Waals surface area contributed by atoms with E-state index in [0.29, 0.717) is 0 Å². The van der Waals surface area contributed by atoms with Crippen LogP contribution in [0.2, 0.25) is 0 Å². The van der Waals surface area contributed by atoms with Crippen LogP contribution in [0.3, 0.4) is 0 Å². The average molecular weight is 362 g/mol. The summed E-state index contributed by atoms with van der Waals surface area (Å²) in [6, 6.07) is 8.05. The molecule has 5 nitrogen and oxygen atoms in total. The van der Waals surface area contributed by atoms with E-state index in [1.165, 1.54) is 45.2 Å². The van der Waals surface area contributed by atoms with Crippen LogP contribution in [-0.4, -0.2) is 34.5 Å². The molecule has 1 saturated heterocycles. The minimum atomic E-state index is 0.822. The molecule has 0 radical (unpaired) electrons. The van der Waals surface area contributed by atoms with Gasteiger partial charge in [0.15, 0.2) is 12.5 Å². The molecular weight excluding hydrogens is 332 g/mol. The van der Waals surface area contributed by atoms with Crippen molar-refractivity contribution in [3.05, 3.63) is 29.0 Å². The van der Waals surface area contributed by atoms with Gasteiger partial charge in [-0.2, -0.15) is 4.68 Å². The van der Waals surface area contributed by atoms with Crippen molar-refractivity contribution in [2.75, 3.05) is 20.2 Å². The lowest BCUT2D eigenvalue weighted by Crippen LogP contribution is -3.11. The second kappa shape index (κ2) is 8.63. The van der Waals surface area contributed by atoms with Gasteiger partial charge in [0.1, 0.15) is 5.75 Å². The van der Waals surface area contributed by atoms with Crippen LogP contribution in [0.15, 0.2) is 24.3 Å². The Hall–Kier alpha value is -1.66. The summed E-state index contributed by atoms with van der Waals surface area (Å²) in [7, 11) is 1.68. The van der Waals surface area contributed by atoms with Gasteiger partial charge in [-0.1, -0.05) is 6.42 Å². The van der Waals surface area contributed by atoms with Crippen molar-refractivity contribution in [3.63, 3.8) is 0 Å². The molecule has 1 aliphatic rings. The molecule has 1 fully saturated rings. The molecule has 25 heavy (non-hydrogen) atoms. The van der Waals surface area contributed by atoms with Gasteiger partial charge in [-0.3, -0.25) is 0 Å². The quantitative estimate of drug-likeness (QED) is 0.832. The van der Waals surface area contributed by atoms with Gasteiger partial charge in [-0.05, 0) is 69.1 Å². The topological polar surface area (TPSA) is 36.4 Å². The molecule has 0 saturated carbocycles. The minimum Gasteiger partial charge on any atom is -0.497 e. The lowest BCUT2D eigenvalue weighted by Gasteiger charge is -2.21. The minimum absolute atomic E-state index is 0.822. The number of nitrogens with one attached hydrogen (secondary N) is 1. The zero-order valence-corrected chi connectivity index (χ0v) is 16.1. The van der Waals surface area contributed by atoms with Crippen molar-refractivity contribution in [2.45, 2.75) is 52.2 Å². The SMILES string of the molecule is CCn1c(-c2ccc(OC)cc2)nn(C[NH+]2CCCCCCC2)c1=S. The highest BCUT2D eigenvalue weighted by Gasteiger charge is 2.17. The number of likely N-dealkylation sites (tertiary alicyclic amines) is 1.